The molecule has 3 aliphatic rings. The van der Waals surface area contributed by atoms with Gasteiger partial charge in [-0.1, -0.05) is 0 Å². The topological polar surface area (TPSA) is 332 Å². The van der Waals surface area contributed by atoms with Crippen molar-refractivity contribution < 1.29 is 56.7 Å². The molecule has 0 saturated carbocycles. The second-order valence-electron chi connectivity index (χ2n) is 10.1. The van der Waals surface area contributed by atoms with Gasteiger partial charge in [0.15, 0.2) is 35.1 Å². The van der Waals surface area contributed by atoms with Gasteiger partial charge in [-0.15, -0.1) is 0 Å². The largest absolute Gasteiger partial charge is 0.756 e. The molecular weight excluding hydrogens is 650 g/mol. The van der Waals surface area contributed by atoms with Crippen molar-refractivity contribution in [2.24, 2.45) is 0 Å². The van der Waals surface area contributed by atoms with Crippen LogP contribution in [0, 0.1) is 0 Å². The van der Waals surface area contributed by atoms with Gasteiger partial charge in [0.25, 0.3) is 13.4 Å². The molecule has 45 heavy (non-hydrogen) atoms. The zero-order valence-corrected chi connectivity index (χ0v) is 24.2. The minimum absolute atomic E-state index is 0.0261. The first-order valence-corrected chi connectivity index (χ1v) is 15.9. The second-order valence-corrected chi connectivity index (χ2v) is 12.9. The summed E-state index contributed by atoms with van der Waals surface area (Å²) in [6.45, 7) is -1.74. The fraction of sp³-hybridized carbons (Fsp3) is 0.500. The maximum Gasteiger partial charge on any atom is 0.472 e. The number of phosphoric acid groups is 2. The molecule has 242 valence electrons. The van der Waals surface area contributed by atoms with Gasteiger partial charge in [0, 0.05) is 0 Å². The Balaban J connectivity index is 1.21. The molecule has 4 aromatic heterocycles. The highest BCUT2D eigenvalue weighted by Crippen LogP contribution is 2.52. The Bertz CT molecular complexity index is 1940. The van der Waals surface area contributed by atoms with Crippen LogP contribution < -0.4 is 21.9 Å². The molecule has 0 aliphatic carbocycles. The number of fused-ring (bicyclic) bond motifs is 5. The predicted molar refractivity (Wildman–Crippen MR) is 141 cm³/mol. The molecular formula is C20H23N10O13P2-. The van der Waals surface area contributed by atoms with E-state index in [1.165, 1.54) is 10.9 Å². The van der Waals surface area contributed by atoms with Gasteiger partial charge in [0.05, 0.1) is 25.9 Å². The highest BCUT2D eigenvalue weighted by Gasteiger charge is 2.52. The number of aliphatic hydroxyl groups is 2. The van der Waals surface area contributed by atoms with Crippen molar-refractivity contribution >= 4 is 49.7 Å². The normalized spacial score (nSPS) is 37.7. The summed E-state index contributed by atoms with van der Waals surface area (Å²) in [5.74, 6) is -0.270. The quantitative estimate of drug-likeness (QED) is 0.116. The Hall–Kier alpha value is -3.44. The van der Waals surface area contributed by atoms with Crippen LogP contribution in [0.25, 0.3) is 22.3 Å². The average molecular weight is 673 g/mol. The van der Waals surface area contributed by atoms with E-state index >= 15 is 0 Å². The lowest BCUT2D eigenvalue weighted by atomic mass is 10.1. The van der Waals surface area contributed by atoms with E-state index in [1.807, 2.05) is 0 Å². The number of imidazole rings is 2. The highest BCUT2D eigenvalue weighted by atomic mass is 31.2. The van der Waals surface area contributed by atoms with Crippen molar-refractivity contribution in [2.75, 3.05) is 24.7 Å². The number of phosphoric ester groups is 2. The molecule has 0 aromatic carbocycles. The predicted octanol–water partition coefficient (Wildman–Crippen LogP) is -2.97. The van der Waals surface area contributed by atoms with Crippen LogP contribution >= 0.6 is 15.6 Å². The first kappa shape index (κ1) is 30.2. The number of aromatic amines is 1. The van der Waals surface area contributed by atoms with Gasteiger partial charge in [0.1, 0.15) is 48.5 Å². The molecule has 6 unspecified atom stereocenters. The van der Waals surface area contributed by atoms with Crippen LogP contribution in [0.15, 0.2) is 23.8 Å². The van der Waals surface area contributed by atoms with Crippen molar-refractivity contribution in [1.29, 1.82) is 0 Å². The number of nitrogen functional groups attached to an aromatic ring is 2. The van der Waals surface area contributed by atoms with Crippen LogP contribution in [0.3, 0.4) is 0 Å². The summed E-state index contributed by atoms with van der Waals surface area (Å²) >= 11 is 0. The molecule has 0 radical (unpaired) electrons. The molecule has 7 rings (SSSR count). The smallest absolute Gasteiger partial charge is 0.472 e. The van der Waals surface area contributed by atoms with E-state index in [0.717, 1.165) is 17.2 Å². The van der Waals surface area contributed by atoms with Crippen molar-refractivity contribution in [3.63, 3.8) is 0 Å². The number of nitrogens with one attached hydrogen (secondary N) is 1. The lowest BCUT2D eigenvalue weighted by Gasteiger charge is -2.31. The summed E-state index contributed by atoms with van der Waals surface area (Å²) in [5.41, 5.74) is 10.7. The number of ether oxygens (including phenoxy) is 2. The molecule has 2 bridgehead atoms. The zero-order valence-electron chi connectivity index (χ0n) is 22.4. The molecule has 3 saturated heterocycles. The SMILES string of the molecule is Nc1nc2c(ncn2[C@@H]2O[C@@H]3COP(=O)(O)OC4C(O)[C@H](n5cnc6c(N)ncnc65)O[C@@H]4COP(=O)([O-])OC2C3O)c(=O)[nH]1. The van der Waals surface area contributed by atoms with Crippen LogP contribution in [-0.2, 0) is 36.7 Å². The zero-order chi connectivity index (χ0) is 31.8. The monoisotopic (exact) mass is 673 g/mol. The Morgan fingerprint density at radius 3 is 2.36 bits per heavy atom. The van der Waals surface area contributed by atoms with Gasteiger partial charge in [-0.05, 0) is 0 Å². The number of aromatic nitrogens is 8. The van der Waals surface area contributed by atoms with Gasteiger partial charge in [-0.3, -0.25) is 32.5 Å². The maximum atomic E-state index is 13.1. The number of H-pyrrole nitrogens is 1. The first-order valence-electron chi connectivity index (χ1n) is 12.9. The standard InChI is InChI=1S/C20H24N10O13P2/c21-14-8-15(24-3-23-14)29(4-25-8)18-11(32)12-7(41-18)2-39-45(36,37)43-13-10(31)6(1-38-44(34,35)42-12)40-19(13)30-5-26-9-16(30)27-20(22)28-17(9)33/h3-7,10-13,18-19,31-32H,1-2H2,(H,34,35)(H,36,37)(H2,21,23,24)(H3,22,27,28,33)/p-1/t6-,7-,10?,11?,12?,13?,18-,19-/m1/s1. The fourth-order valence-electron chi connectivity index (χ4n) is 5.29. The molecule has 3 fully saturated rings. The fourth-order valence-corrected chi connectivity index (χ4v) is 7.17. The second kappa shape index (κ2) is 10.8. The minimum atomic E-state index is -5.36. The van der Waals surface area contributed by atoms with Crippen LogP contribution in [0.2, 0.25) is 0 Å². The van der Waals surface area contributed by atoms with E-state index in [2.05, 4.69) is 29.9 Å². The van der Waals surface area contributed by atoms with Gasteiger partial charge in [-0.2, -0.15) is 4.98 Å². The lowest BCUT2D eigenvalue weighted by Crippen LogP contribution is -2.37. The molecule has 7 heterocycles. The van der Waals surface area contributed by atoms with Gasteiger partial charge in [-0.25, -0.2) is 24.5 Å². The first-order chi connectivity index (χ1) is 21.3. The Kier molecular flexibility index (Phi) is 7.27. The van der Waals surface area contributed by atoms with Crippen LogP contribution in [0.5, 0.6) is 0 Å². The maximum absolute atomic E-state index is 13.1. The van der Waals surface area contributed by atoms with Gasteiger partial charge >= 0.3 is 7.82 Å². The molecule has 23 nitrogen and oxygen atoms in total. The number of rotatable bonds is 2. The van der Waals surface area contributed by atoms with Crippen molar-refractivity contribution in [1.82, 2.24) is 39.0 Å². The van der Waals surface area contributed by atoms with Crippen molar-refractivity contribution in [2.45, 2.75) is 49.1 Å². The summed E-state index contributed by atoms with van der Waals surface area (Å²) < 4.78 is 60.6. The third-order valence-electron chi connectivity index (χ3n) is 7.31. The minimum Gasteiger partial charge on any atom is -0.756 e. The van der Waals surface area contributed by atoms with Gasteiger partial charge < -0.3 is 50.0 Å². The summed E-state index contributed by atoms with van der Waals surface area (Å²) in [7, 11) is -10.4. The van der Waals surface area contributed by atoms with E-state index < -0.39 is 83.5 Å². The number of nitrogens with two attached hydrogens (primary N) is 2. The van der Waals surface area contributed by atoms with E-state index in [-0.39, 0.29) is 34.1 Å². The summed E-state index contributed by atoms with van der Waals surface area (Å²) in [4.78, 5) is 58.1. The summed E-state index contributed by atoms with van der Waals surface area (Å²) in [5, 5.41) is 22.1. The van der Waals surface area contributed by atoms with E-state index in [9.17, 15) is 33.9 Å². The summed E-state index contributed by atoms with van der Waals surface area (Å²) in [6, 6.07) is 0. The Morgan fingerprint density at radius 2 is 1.58 bits per heavy atom. The summed E-state index contributed by atoms with van der Waals surface area (Å²) in [6.07, 6.45) is -9.53. The van der Waals surface area contributed by atoms with Crippen LogP contribution in [0.1, 0.15) is 12.5 Å². The molecule has 4 aromatic rings. The molecule has 3 aliphatic heterocycles. The average Bonchev–Trinajstić information content (AvgIpc) is 3.72. The molecule has 0 spiro atoms. The number of anilines is 2. The molecule has 0 amide bonds. The highest BCUT2D eigenvalue weighted by molar-refractivity contribution is 7.47. The van der Waals surface area contributed by atoms with Crippen LogP contribution in [0.4, 0.5) is 11.8 Å². The third-order valence-corrected chi connectivity index (χ3v) is 9.26. The van der Waals surface area contributed by atoms with Crippen molar-refractivity contribution in [3.05, 3.63) is 29.3 Å². The number of hydrogen-bond donors (Lipinski definition) is 6. The van der Waals surface area contributed by atoms with E-state index in [1.54, 1.807) is 0 Å². The Morgan fingerprint density at radius 1 is 0.889 bits per heavy atom. The lowest BCUT2D eigenvalue weighted by molar-refractivity contribution is -0.237. The molecule has 10 atom stereocenters. The van der Waals surface area contributed by atoms with E-state index in [4.69, 9.17) is 39.0 Å². The van der Waals surface area contributed by atoms with Crippen molar-refractivity contribution in [3.8, 4) is 0 Å². The third kappa shape index (κ3) is 5.31. The number of hydrogen-bond acceptors (Lipinski definition) is 19. The molecule has 8 N–H and O–H groups in total. The number of aliphatic hydroxyl groups excluding tert-OH is 2. The number of nitrogens with zero attached hydrogens (tertiary/aromatic N) is 7. The Labute approximate surface area is 248 Å². The van der Waals surface area contributed by atoms with E-state index in [0.29, 0.717) is 0 Å². The van der Waals surface area contributed by atoms with Crippen LogP contribution in [-0.4, -0.2) is 104 Å². The molecule has 25 heteroatoms. The van der Waals surface area contributed by atoms with Gasteiger partial charge in [0.2, 0.25) is 5.95 Å².